The number of hydrogen-bond acceptors (Lipinski definition) is 3. The van der Waals surface area contributed by atoms with Gasteiger partial charge in [0.05, 0.1) is 18.1 Å². The molecular weight excluding hydrogens is 264 g/mol. The molecule has 0 spiro atoms. The predicted molar refractivity (Wildman–Crippen MR) is 79.5 cm³/mol. The number of hydrogen-bond donors (Lipinski definition) is 2. The molecular formula is C17H16N2O2. The fourth-order valence-corrected chi connectivity index (χ4v) is 2.10. The minimum Gasteiger partial charge on any atom is -0.481 e. The molecule has 4 nitrogen and oxygen atoms in total. The molecule has 0 atom stereocenters. The van der Waals surface area contributed by atoms with Gasteiger partial charge in [0.15, 0.2) is 0 Å². The van der Waals surface area contributed by atoms with E-state index in [-0.39, 0.29) is 6.42 Å². The van der Waals surface area contributed by atoms with Crippen molar-refractivity contribution in [1.29, 1.82) is 5.26 Å². The average Bonchev–Trinajstić information content (AvgIpc) is 2.49. The SMILES string of the molecule is N#Cc1ccc(CNCc2ccccc2CC(=O)O)cc1. The van der Waals surface area contributed by atoms with Gasteiger partial charge in [0.25, 0.3) is 0 Å². The lowest BCUT2D eigenvalue weighted by molar-refractivity contribution is -0.136. The molecule has 2 N–H and O–H groups in total. The van der Waals surface area contributed by atoms with Gasteiger partial charge in [0.1, 0.15) is 0 Å². The smallest absolute Gasteiger partial charge is 0.307 e. The van der Waals surface area contributed by atoms with Crippen LogP contribution in [0.15, 0.2) is 48.5 Å². The third-order valence-corrected chi connectivity index (χ3v) is 3.19. The molecule has 2 aromatic carbocycles. The summed E-state index contributed by atoms with van der Waals surface area (Å²) in [5.74, 6) is -0.824. The van der Waals surface area contributed by atoms with Crippen LogP contribution in [0.2, 0.25) is 0 Å². The van der Waals surface area contributed by atoms with Crippen LogP contribution in [0.25, 0.3) is 0 Å². The van der Waals surface area contributed by atoms with E-state index in [1.54, 1.807) is 12.1 Å². The van der Waals surface area contributed by atoms with Crippen molar-refractivity contribution in [3.63, 3.8) is 0 Å². The maximum Gasteiger partial charge on any atom is 0.307 e. The van der Waals surface area contributed by atoms with Crippen molar-refractivity contribution in [2.24, 2.45) is 0 Å². The summed E-state index contributed by atoms with van der Waals surface area (Å²) in [5, 5.41) is 20.9. The molecule has 0 aliphatic carbocycles. The van der Waals surface area contributed by atoms with Crippen LogP contribution >= 0.6 is 0 Å². The largest absolute Gasteiger partial charge is 0.481 e. The molecule has 0 saturated carbocycles. The Morgan fingerprint density at radius 3 is 2.33 bits per heavy atom. The van der Waals surface area contributed by atoms with Crippen molar-refractivity contribution in [3.8, 4) is 6.07 Å². The number of nitrogens with one attached hydrogen (secondary N) is 1. The van der Waals surface area contributed by atoms with Crippen LogP contribution in [-0.4, -0.2) is 11.1 Å². The van der Waals surface area contributed by atoms with Gasteiger partial charge in [0.2, 0.25) is 0 Å². The summed E-state index contributed by atoms with van der Waals surface area (Å²) in [6.07, 6.45) is 0.0364. The summed E-state index contributed by atoms with van der Waals surface area (Å²) in [7, 11) is 0. The summed E-state index contributed by atoms with van der Waals surface area (Å²) >= 11 is 0. The van der Waals surface area contributed by atoms with E-state index in [2.05, 4.69) is 11.4 Å². The Labute approximate surface area is 123 Å². The van der Waals surface area contributed by atoms with E-state index in [1.165, 1.54) is 0 Å². The monoisotopic (exact) mass is 280 g/mol. The number of carbonyl (C=O) groups is 1. The second-order valence-electron chi connectivity index (χ2n) is 4.75. The van der Waals surface area contributed by atoms with Crippen molar-refractivity contribution in [1.82, 2.24) is 5.32 Å². The van der Waals surface area contributed by atoms with E-state index in [0.29, 0.717) is 18.7 Å². The Bertz CT molecular complexity index is 657. The number of rotatable bonds is 6. The molecule has 0 fully saturated rings. The molecule has 0 unspecified atom stereocenters. The molecule has 0 aromatic heterocycles. The third kappa shape index (κ3) is 4.44. The van der Waals surface area contributed by atoms with Crippen molar-refractivity contribution in [3.05, 3.63) is 70.8 Å². The Kier molecular flexibility index (Phi) is 5.08. The van der Waals surface area contributed by atoms with Gasteiger partial charge in [0, 0.05) is 13.1 Å². The first-order valence-corrected chi connectivity index (χ1v) is 6.67. The molecule has 0 aliphatic rings. The third-order valence-electron chi connectivity index (χ3n) is 3.19. The van der Waals surface area contributed by atoms with E-state index in [9.17, 15) is 4.79 Å². The highest BCUT2D eigenvalue weighted by Gasteiger charge is 2.05. The fraction of sp³-hybridized carbons (Fsp3) is 0.176. The summed E-state index contributed by atoms with van der Waals surface area (Å²) in [4.78, 5) is 10.8. The number of carboxylic acids is 1. The zero-order valence-electron chi connectivity index (χ0n) is 11.5. The molecule has 106 valence electrons. The van der Waals surface area contributed by atoms with E-state index < -0.39 is 5.97 Å². The molecule has 0 radical (unpaired) electrons. The van der Waals surface area contributed by atoms with Crippen LogP contribution in [0.5, 0.6) is 0 Å². The van der Waals surface area contributed by atoms with Crippen LogP contribution in [0, 0.1) is 11.3 Å². The van der Waals surface area contributed by atoms with E-state index in [4.69, 9.17) is 10.4 Å². The molecule has 2 aromatic rings. The van der Waals surface area contributed by atoms with Gasteiger partial charge in [-0.15, -0.1) is 0 Å². The maximum atomic E-state index is 10.8. The molecule has 0 amide bonds. The second kappa shape index (κ2) is 7.22. The lowest BCUT2D eigenvalue weighted by atomic mass is 10.0. The fourth-order valence-electron chi connectivity index (χ4n) is 2.10. The van der Waals surface area contributed by atoms with Gasteiger partial charge in [-0.1, -0.05) is 36.4 Å². The number of carboxylic acid groups (broad SMARTS) is 1. The van der Waals surface area contributed by atoms with Crippen LogP contribution in [0.4, 0.5) is 0 Å². The molecule has 0 bridgehead atoms. The van der Waals surface area contributed by atoms with Gasteiger partial charge >= 0.3 is 5.97 Å². The molecule has 2 rings (SSSR count). The minimum atomic E-state index is -0.824. The Morgan fingerprint density at radius 2 is 1.71 bits per heavy atom. The maximum absolute atomic E-state index is 10.8. The number of aliphatic carboxylic acids is 1. The number of nitriles is 1. The highest BCUT2D eigenvalue weighted by atomic mass is 16.4. The molecule has 0 saturated heterocycles. The summed E-state index contributed by atoms with van der Waals surface area (Å²) < 4.78 is 0. The van der Waals surface area contributed by atoms with Crippen LogP contribution in [0.3, 0.4) is 0 Å². The molecule has 4 heteroatoms. The van der Waals surface area contributed by atoms with Crippen molar-refractivity contribution in [2.45, 2.75) is 19.5 Å². The highest BCUT2D eigenvalue weighted by molar-refractivity contribution is 5.70. The highest BCUT2D eigenvalue weighted by Crippen LogP contribution is 2.10. The molecule has 21 heavy (non-hydrogen) atoms. The zero-order valence-corrected chi connectivity index (χ0v) is 11.5. The first-order valence-electron chi connectivity index (χ1n) is 6.67. The first kappa shape index (κ1) is 14.8. The molecule has 0 heterocycles. The summed E-state index contributed by atoms with van der Waals surface area (Å²) in [6.45, 7) is 1.29. The van der Waals surface area contributed by atoms with Gasteiger partial charge in [-0.25, -0.2) is 0 Å². The van der Waals surface area contributed by atoms with Gasteiger partial charge in [-0.3, -0.25) is 4.79 Å². The standard InChI is InChI=1S/C17H16N2O2/c18-10-13-5-7-14(8-6-13)11-19-12-16-4-2-1-3-15(16)9-17(20)21/h1-8,19H,9,11-12H2,(H,20,21). The van der Waals surface area contributed by atoms with Crippen molar-refractivity contribution < 1.29 is 9.90 Å². The normalized spacial score (nSPS) is 10.0. The quantitative estimate of drug-likeness (QED) is 0.852. The van der Waals surface area contributed by atoms with Gasteiger partial charge in [-0.05, 0) is 28.8 Å². The second-order valence-corrected chi connectivity index (χ2v) is 4.75. The van der Waals surface area contributed by atoms with Crippen molar-refractivity contribution in [2.75, 3.05) is 0 Å². The van der Waals surface area contributed by atoms with Crippen LogP contribution in [0.1, 0.15) is 22.3 Å². The van der Waals surface area contributed by atoms with Gasteiger partial charge in [-0.2, -0.15) is 5.26 Å². The van der Waals surface area contributed by atoms with E-state index in [1.807, 2.05) is 36.4 Å². The topological polar surface area (TPSA) is 73.1 Å². The summed E-state index contributed by atoms with van der Waals surface area (Å²) in [5.41, 5.74) is 3.56. The zero-order chi connectivity index (χ0) is 15.1. The van der Waals surface area contributed by atoms with E-state index >= 15 is 0 Å². The van der Waals surface area contributed by atoms with E-state index in [0.717, 1.165) is 16.7 Å². The minimum absolute atomic E-state index is 0.0364. The van der Waals surface area contributed by atoms with Crippen LogP contribution in [-0.2, 0) is 24.3 Å². The lowest BCUT2D eigenvalue weighted by Crippen LogP contribution is -2.15. The summed E-state index contributed by atoms with van der Waals surface area (Å²) in [6, 6.07) is 17.0. The average molecular weight is 280 g/mol. The van der Waals surface area contributed by atoms with Crippen molar-refractivity contribution >= 4 is 5.97 Å². The Morgan fingerprint density at radius 1 is 1.05 bits per heavy atom. The Hall–Kier alpha value is -2.64. The first-order chi connectivity index (χ1) is 10.2. The predicted octanol–water partition coefficient (Wildman–Crippen LogP) is 2.48. The lowest BCUT2D eigenvalue weighted by Gasteiger charge is -2.09. The number of benzene rings is 2. The Balaban J connectivity index is 1.94. The van der Waals surface area contributed by atoms with Crippen LogP contribution < -0.4 is 5.32 Å². The molecule has 0 aliphatic heterocycles. The number of nitrogens with zero attached hydrogens (tertiary/aromatic N) is 1. The van der Waals surface area contributed by atoms with Gasteiger partial charge < -0.3 is 10.4 Å².